The van der Waals surface area contributed by atoms with Crippen LogP contribution in [0.15, 0.2) is 34.3 Å². The maximum Gasteiger partial charge on any atom is 0.326 e. The zero-order valence-electron chi connectivity index (χ0n) is 19.1. The van der Waals surface area contributed by atoms with Gasteiger partial charge < -0.3 is 15.0 Å². The molecular formula is C25H27F2N5O. The molecule has 2 aliphatic carbocycles. The Bertz CT molecular complexity index is 1200. The highest BCUT2D eigenvalue weighted by molar-refractivity contribution is 6.05. The molecule has 0 unspecified atom stereocenters. The van der Waals surface area contributed by atoms with Gasteiger partial charge in [0.15, 0.2) is 11.6 Å². The third-order valence-electron chi connectivity index (χ3n) is 6.26. The summed E-state index contributed by atoms with van der Waals surface area (Å²) in [6, 6.07) is 2.84. The summed E-state index contributed by atoms with van der Waals surface area (Å²) >= 11 is 0. The number of ether oxygens (including phenoxy) is 1. The number of nitrogens with zero attached hydrogens (tertiary/aromatic N) is 4. The predicted octanol–water partition coefficient (Wildman–Crippen LogP) is 5.51. The van der Waals surface area contributed by atoms with Crippen molar-refractivity contribution in [1.82, 2.24) is 9.97 Å². The molecule has 1 aromatic heterocycles. The number of fused-ring (bicyclic) bond motifs is 1. The van der Waals surface area contributed by atoms with E-state index in [9.17, 15) is 4.39 Å². The summed E-state index contributed by atoms with van der Waals surface area (Å²) in [6.45, 7) is 8.06. The Hall–Kier alpha value is -3.29. The van der Waals surface area contributed by atoms with E-state index >= 15 is 4.39 Å². The van der Waals surface area contributed by atoms with Crippen LogP contribution in [-0.4, -0.2) is 35.4 Å². The summed E-state index contributed by atoms with van der Waals surface area (Å²) in [7, 11) is 0. The van der Waals surface area contributed by atoms with Crippen LogP contribution in [0.2, 0.25) is 0 Å². The van der Waals surface area contributed by atoms with Gasteiger partial charge in [-0.2, -0.15) is 9.97 Å². The Kier molecular flexibility index (Phi) is 5.60. The van der Waals surface area contributed by atoms with Gasteiger partial charge >= 0.3 is 6.01 Å². The Balaban J connectivity index is 1.47. The van der Waals surface area contributed by atoms with Crippen LogP contribution in [0.4, 0.5) is 20.4 Å². The van der Waals surface area contributed by atoms with E-state index in [1.54, 1.807) is 6.08 Å². The van der Waals surface area contributed by atoms with Gasteiger partial charge in [-0.15, -0.1) is 0 Å². The third-order valence-corrected chi connectivity index (χ3v) is 6.26. The second-order valence-corrected chi connectivity index (χ2v) is 8.72. The van der Waals surface area contributed by atoms with Crippen molar-refractivity contribution in [2.45, 2.75) is 40.0 Å². The van der Waals surface area contributed by atoms with Crippen LogP contribution in [-0.2, 0) is 6.42 Å². The Labute approximate surface area is 192 Å². The van der Waals surface area contributed by atoms with Crippen molar-refractivity contribution >= 4 is 23.5 Å². The van der Waals surface area contributed by atoms with Gasteiger partial charge in [0, 0.05) is 36.3 Å². The monoisotopic (exact) mass is 451 g/mol. The minimum atomic E-state index is -0.605. The quantitative estimate of drug-likeness (QED) is 0.601. The number of anilines is 2. The molecule has 1 saturated carbocycles. The van der Waals surface area contributed by atoms with Gasteiger partial charge in [-0.25, -0.2) is 8.78 Å². The third kappa shape index (κ3) is 4.34. The largest absolute Gasteiger partial charge is 0.421 e. The average molecular weight is 452 g/mol. The summed E-state index contributed by atoms with van der Waals surface area (Å²) in [4.78, 5) is 15.5. The first-order valence-corrected chi connectivity index (χ1v) is 11.5. The fourth-order valence-electron chi connectivity index (χ4n) is 4.32. The van der Waals surface area contributed by atoms with Crippen molar-refractivity contribution in [1.29, 1.82) is 0 Å². The molecule has 2 aromatic rings. The van der Waals surface area contributed by atoms with E-state index in [1.165, 1.54) is 18.4 Å². The van der Waals surface area contributed by atoms with Crippen LogP contribution in [0.3, 0.4) is 0 Å². The lowest BCUT2D eigenvalue weighted by Crippen LogP contribution is -2.23. The summed E-state index contributed by atoms with van der Waals surface area (Å²) in [5, 5.41) is 3.24. The molecule has 1 aliphatic heterocycles. The summed E-state index contributed by atoms with van der Waals surface area (Å²) in [6.07, 6.45) is 6.58. The summed E-state index contributed by atoms with van der Waals surface area (Å²) in [5.41, 5.74) is 2.84. The highest BCUT2D eigenvalue weighted by Crippen LogP contribution is 2.38. The molecule has 0 amide bonds. The fourth-order valence-corrected chi connectivity index (χ4v) is 4.32. The maximum absolute atomic E-state index is 15.1. The van der Waals surface area contributed by atoms with Crippen molar-refractivity contribution < 1.29 is 13.5 Å². The minimum Gasteiger partial charge on any atom is -0.421 e. The zero-order chi connectivity index (χ0) is 23.1. The first-order valence-electron chi connectivity index (χ1n) is 11.5. The number of allylic oxidation sites excluding steroid dienone is 1. The van der Waals surface area contributed by atoms with Crippen molar-refractivity contribution in [2.24, 2.45) is 10.9 Å². The molecule has 3 aliphatic rings. The number of aromatic nitrogens is 2. The van der Waals surface area contributed by atoms with E-state index in [0.717, 1.165) is 30.6 Å². The van der Waals surface area contributed by atoms with Crippen LogP contribution >= 0.6 is 0 Å². The molecule has 8 heteroatoms. The number of hydrogen-bond acceptors (Lipinski definition) is 6. The summed E-state index contributed by atoms with van der Waals surface area (Å²) < 4.78 is 35.4. The topological polar surface area (TPSA) is 62.6 Å². The predicted molar refractivity (Wildman–Crippen MR) is 126 cm³/mol. The van der Waals surface area contributed by atoms with E-state index in [4.69, 9.17) is 4.74 Å². The highest BCUT2D eigenvalue weighted by Gasteiger charge is 2.28. The number of nitrogens with one attached hydrogen (secondary N) is 1. The molecule has 6 nitrogen and oxygen atoms in total. The normalized spacial score (nSPS) is 16.8. The van der Waals surface area contributed by atoms with Gasteiger partial charge in [0.1, 0.15) is 23.3 Å². The molecule has 0 atom stereocenters. The molecule has 172 valence electrons. The van der Waals surface area contributed by atoms with Gasteiger partial charge in [-0.3, -0.25) is 4.99 Å². The standard InChI is InChI=1S/C25H27F2N5O/c1-4-32(5-2)23-12-22(29-21-10-16(13-28-21)15-6-7-15)30-25(31-23)33-20-11-19(26)17-8-14(3)9-18(17)24(20)27/h9-12,15H,4-8,13H2,1-3H3,(H,28,29,30,31). The Morgan fingerprint density at radius 2 is 1.91 bits per heavy atom. The van der Waals surface area contributed by atoms with Crippen molar-refractivity contribution in [3.63, 3.8) is 0 Å². The van der Waals surface area contributed by atoms with Gasteiger partial charge in [-0.05, 0) is 57.6 Å². The second kappa shape index (κ2) is 8.57. The highest BCUT2D eigenvalue weighted by atomic mass is 19.1. The van der Waals surface area contributed by atoms with Crippen molar-refractivity contribution in [3.05, 3.63) is 52.1 Å². The smallest absolute Gasteiger partial charge is 0.326 e. The molecule has 1 fully saturated rings. The fraction of sp³-hybridized carbons (Fsp3) is 0.400. The van der Waals surface area contributed by atoms with Crippen LogP contribution in [0.1, 0.15) is 44.7 Å². The maximum atomic E-state index is 15.1. The van der Waals surface area contributed by atoms with Gasteiger partial charge in [-0.1, -0.05) is 11.6 Å². The van der Waals surface area contributed by atoms with Crippen molar-refractivity contribution in [3.8, 4) is 11.8 Å². The number of rotatable bonds is 7. The van der Waals surface area contributed by atoms with Crippen LogP contribution in [0, 0.1) is 17.6 Å². The van der Waals surface area contributed by atoms with Gasteiger partial charge in [0.05, 0.1) is 6.54 Å². The lowest BCUT2D eigenvalue weighted by molar-refractivity contribution is 0.406. The van der Waals surface area contributed by atoms with E-state index < -0.39 is 11.6 Å². The first kappa shape index (κ1) is 21.6. The summed E-state index contributed by atoms with van der Waals surface area (Å²) in [5.74, 6) is 1.19. The van der Waals surface area contributed by atoms with Gasteiger partial charge in [0.2, 0.25) is 0 Å². The van der Waals surface area contributed by atoms with E-state index in [0.29, 0.717) is 36.1 Å². The molecule has 1 aromatic carbocycles. The molecule has 0 bridgehead atoms. The van der Waals surface area contributed by atoms with E-state index in [2.05, 4.69) is 26.4 Å². The molecule has 1 N–H and O–H groups in total. The molecular weight excluding hydrogens is 424 g/mol. The Morgan fingerprint density at radius 1 is 1.12 bits per heavy atom. The zero-order valence-corrected chi connectivity index (χ0v) is 19.1. The van der Waals surface area contributed by atoms with Crippen molar-refractivity contribution in [2.75, 3.05) is 29.9 Å². The van der Waals surface area contributed by atoms with Crippen LogP contribution in [0.5, 0.6) is 11.8 Å². The molecule has 0 saturated heterocycles. The minimum absolute atomic E-state index is 0.0520. The first-order chi connectivity index (χ1) is 15.9. The Morgan fingerprint density at radius 3 is 2.64 bits per heavy atom. The number of benzene rings is 1. The second-order valence-electron chi connectivity index (χ2n) is 8.72. The SMILES string of the molecule is CCN(CC)c1cc(NC2=NCC(C3CC3)=C2)nc(Oc2cc(F)c3c(c2F)C=C(C)C3)n1. The van der Waals surface area contributed by atoms with Gasteiger partial charge in [0.25, 0.3) is 0 Å². The van der Waals surface area contributed by atoms with E-state index in [-0.39, 0.29) is 17.3 Å². The molecule has 5 rings (SSSR count). The number of amidine groups is 1. The molecule has 0 spiro atoms. The van der Waals surface area contributed by atoms with E-state index in [1.807, 2.05) is 31.7 Å². The average Bonchev–Trinajstić information content (AvgIpc) is 3.40. The lowest BCUT2D eigenvalue weighted by Gasteiger charge is -2.21. The molecule has 0 radical (unpaired) electrons. The lowest BCUT2D eigenvalue weighted by atomic mass is 10.1. The van der Waals surface area contributed by atoms with Crippen LogP contribution in [0.25, 0.3) is 6.08 Å². The molecule has 2 heterocycles. The van der Waals surface area contributed by atoms with Crippen LogP contribution < -0.4 is 15.0 Å². The molecule has 33 heavy (non-hydrogen) atoms. The number of aliphatic imine (C=N–C) groups is 1. The number of halogens is 2. The number of hydrogen-bond donors (Lipinski definition) is 1.